The van der Waals surface area contributed by atoms with Crippen LogP contribution in [0.5, 0.6) is 5.75 Å². The van der Waals surface area contributed by atoms with Gasteiger partial charge in [0.25, 0.3) is 0 Å². The maximum absolute atomic E-state index is 6.66. The number of fused-ring (bicyclic) bond motifs is 2. The number of likely N-dealkylation sites (tertiary alicyclic amines) is 1. The molecule has 0 amide bonds. The topological polar surface area (TPSA) is 30.5 Å². The van der Waals surface area contributed by atoms with Gasteiger partial charge in [-0.05, 0) is 59.9 Å². The lowest BCUT2D eigenvalue weighted by Crippen LogP contribution is -2.72. The molecule has 1 unspecified atom stereocenters. The normalized spacial score (nSPS) is 30.2. The Hall–Kier alpha value is -2.56. The fraction of sp³-hybridized carbons (Fsp3) is 0.500. The highest BCUT2D eigenvalue weighted by molar-refractivity contribution is 5.85. The number of hydrogen-bond acceptors (Lipinski definition) is 3. The number of piperidine rings is 1. The van der Waals surface area contributed by atoms with Gasteiger partial charge in [-0.2, -0.15) is 0 Å². The molecule has 4 nitrogen and oxygen atoms in total. The van der Waals surface area contributed by atoms with E-state index in [1.807, 2.05) is 7.11 Å². The van der Waals surface area contributed by atoms with E-state index in [1.165, 1.54) is 35.1 Å². The Kier molecular flexibility index (Phi) is 6.78. The second-order valence-electron chi connectivity index (χ2n) is 12.0. The van der Waals surface area contributed by atoms with E-state index in [0.29, 0.717) is 12.0 Å². The lowest BCUT2D eigenvalue weighted by Gasteiger charge is -2.61. The van der Waals surface area contributed by atoms with Crippen molar-refractivity contribution in [3.05, 3.63) is 72.3 Å². The van der Waals surface area contributed by atoms with Gasteiger partial charge in [-0.1, -0.05) is 56.3 Å². The van der Waals surface area contributed by atoms with Crippen molar-refractivity contribution in [2.75, 3.05) is 46.2 Å². The van der Waals surface area contributed by atoms with E-state index in [-0.39, 0.29) is 11.0 Å². The molecular formula is C32H43N2O2+. The number of ether oxygens (including phenoxy) is 2. The molecule has 0 aromatic heterocycles. The van der Waals surface area contributed by atoms with Crippen molar-refractivity contribution in [3.8, 4) is 5.75 Å². The van der Waals surface area contributed by atoms with E-state index < -0.39 is 0 Å². The number of methoxy groups -OCH3 is 2. The average molecular weight is 488 g/mol. The summed E-state index contributed by atoms with van der Waals surface area (Å²) in [7, 11) is 6.16. The lowest BCUT2D eigenvalue weighted by atomic mass is 9.54. The van der Waals surface area contributed by atoms with E-state index in [0.717, 1.165) is 42.5 Å². The summed E-state index contributed by atoms with van der Waals surface area (Å²) in [6.07, 6.45) is 4.33. The summed E-state index contributed by atoms with van der Waals surface area (Å²) in [5.74, 6) is 1.60. The number of nitrogens with zero attached hydrogens (tertiary/aromatic N) is 1. The molecule has 3 aromatic rings. The van der Waals surface area contributed by atoms with Crippen LogP contribution in [-0.4, -0.2) is 57.0 Å². The standard InChI is InChI=1S/C32H43N2O2/c1-24(2)22-34(3)18-17-31(27-11-8-12-30(20-27)35-4)21-29(15-16-32(31,23-34)36-5)33-28-14-13-25-9-6-7-10-26(25)19-28/h6-14,19-20,24,29,33H,15-18,21-23H2,1-5H3/q+1/t29-,31-,32?,34+/m1/s1. The summed E-state index contributed by atoms with van der Waals surface area (Å²) in [4.78, 5) is 0. The molecule has 192 valence electrons. The second kappa shape index (κ2) is 9.72. The minimum absolute atomic E-state index is 0.0577. The molecule has 1 N–H and O–H groups in total. The first-order chi connectivity index (χ1) is 17.3. The van der Waals surface area contributed by atoms with E-state index in [9.17, 15) is 0 Å². The van der Waals surface area contributed by atoms with Gasteiger partial charge < -0.3 is 19.3 Å². The van der Waals surface area contributed by atoms with Crippen LogP contribution in [0.1, 0.15) is 45.1 Å². The Balaban J connectivity index is 1.51. The van der Waals surface area contributed by atoms with Gasteiger partial charge in [0.1, 0.15) is 17.9 Å². The minimum Gasteiger partial charge on any atom is -0.497 e. The van der Waals surface area contributed by atoms with E-state index >= 15 is 0 Å². The van der Waals surface area contributed by atoms with Crippen molar-refractivity contribution in [2.45, 2.75) is 56.6 Å². The van der Waals surface area contributed by atoms with Crippen LogP contribution in [0, 0.1) is 5.92 Å². The zero-order chi connectivity index (χ0) is 25.4. The van der Waals surface area contributed by atoms with Gasteiger partial charge in [0, 0.05) is 36.6 Å². The molecule has 1 heterocycles. The Morgan fingerprint density at radius 2 is 1.78 bits per heavy atom. The summed E-state index contributed by atoms with van der Waals surface area (Å²) in [6, 6.07) is 24.5. The van der Waals surface area contributed by atoms with Crippen molar-refractivity contribution in [1.82, 2.24) is 0 Å². The number of hydrogen-bond donors (Lipinski definition) is 1. The Bertz CT molecular complexity index is 1210. The quantitative estimate of drug-likeness (QED) is 0.379. The fourth-order valence-corrected chi connectivity index (χ4v) is 7.56. The number of rotatable bonds is 7. The third kappa shape index (κ3) is 4.50. The molecule has 4 atom stereocenters. The van der Waals surface area contributed by atoms with Crippen molar-refractivity contribution in [3.63, 3.8) is 0 Å². The summed E-state index contributed by atoms with van der Waals surface area (Å²) in [5.41, 5.74) is 2.32. The number of nitrogens with one attached hydrogen (secondary N) is 1. The molecular weight excluding hydrogens is 444 g/mol. The highest BCUT2D eigenvalue weighted by Crippen LogP contribution is 2.55. The smallest absolute Gasteiger partial charge is 0.126 e. The maximum Gasteiger partial charge on any atom is 0.126 e. The molecule has 3 aromatic carbocycles. The molecule has 0 spiro atoms. The fourth-order valence-electron chi connectivity index (χ4n) is 7.56. The molecule has 36 heavy (non-hydrogen) atoms. The SMILES string of the molecule is COc1cccc([C@]23CC[N@@+](C)(CC(C)C)CC2(OC)CC[C@@H](Nc2ccc4ccccc4c2)C3)c1. The van der Waals surface area contributed by atoms with Crippen LogP contribution in [0.2, 0.25) is 0 Å². The predicted octanol–water partition coefficient (Wildman–Crippen LogP) is 6.64. The van der Waals surface area contributed by atoms with Crippen LogP contribution in [0.4, 0.5) is 5.69 Å². The number of likely N-dealkylation sites (N-methyl/N-ethyl adjacent to an activating group) is 1. The first kappa shape index (κ1) is 25.1. The number of quaternary nitrogens is 1. The summed E-state index contributed by atoms with van der Waals surface area (Å²) < 4.78 is 13.4. The van der Waals surface area contributed by atoms with E-state index in [1.54, 1.807) is 7.11 Å². The number of benzene rings is 3. The van der Waals surface area contributed by atoms with Gasteiger partial charge in [-0.3, -0.25) is 0 Å². The third-order valence-electron chi connectivity index (χ3n) is 9.02. The molecule has 1 aliphatic carbocycles. The summed E-state index contributed by atoms with van der Waals surface area (Å²) >= 11 is 0. The first-order valence-electron chi connectivity index (χ1n) is 13.6. The largest absolute Gasteiger partial charge is 0.497 e. The molecule has 1 aliphatic heterocycles. The van der Waals surface area contributed by atoms with Gasteiger partial charge in [-0.25, -0.2) is 0 Å². The van der Waals surface area contributed by atoms with Crippen molar-refractivity contribution in [2.24, 2.45) is 5.92 Å². The van der Waals surface area contributed by atoms with E-state index in [4.69, 9.17) is 9.47 Å². The summed E-state index contributed by atoms with van der Waals surface area (Å²) in [5, 5.41) is 6.50. The minimum atomic E-state index is -0.192. The molecule has 0 radical (unpaired) electrons. The van der Waals surface area contributed by atoms with Crippen molar-refractivity contribution < 1.29 is 14.0 Å². The number of anilines is 1. The predicted molar refractivity (Wildman–Crippen MR) is 150 cm³/mol. The molecule has 1 saturated carbocycles. The Labute approximate surface area is 217 Å². The Morgan fingerprint density at radius 1 is 0.972 bits per heavy atom. The van der Waals surface area contributed by atoms with Crippen LogP contribution < -0.4 is 10.1 Å². The molecule has 2 fully saturated rings. The maximum atomic E-state index is 6.66. The lowest BCUT2D eigenvalue weighted by molar-refractivity contribution is -0.926. The monoisotopic (exact) mass is 487 g/mol. The van der Waals surface area contributed by atoms with Gasteiger partial charge in [0.05, 0.1) is 27.2 Å². The van der Waals surface area contributed by atoms with Gasteiger partial charge in [-0.15, -0.1) is 0 Å². The summed E-state index contributed by atoms with van der Waals surface area (Å²) in [6.45, 7) is 8.11. The Morgan fingerprint density at radius 3 is 2.53 bits per heavy atom. The highest BCUT2D eigenvalue weighted by atomic mass is 16.5. The van der Waals surface area contributed by atoms with Crippen LogP contribution in [0.25, 0.3) is 10.8 Å². The van der Waals surface area contributed by atoms with Crippen molar-refractivity contribution in [1.29, 1.82) is 0 Å². The van der Waals surface area contributed by atoms with Crippen LogP contribution in [0.15, 0.2) is 66.7 Å². The third-order valence-corrected chi connectivity index (χ3v) is 9.02. The van der Waals surface area contributed by atoms with Crippen LogP contribution >= 0.6 is 0 Å². The molecule has 0 bridgehead atoms. The highest BCUT2D eigenvalue weighted by Gasteiger charge is 2.62. The first-order valence-corrected chi connectivity index (χ1v) is 13.6. The average Bonchev–Trinajstić information content (AvgIpc) is 2.88. The van der Waals surface area contributed by atoms with Gasteiger partial charge >= 0.3 is 0 Å². The van der Waals surface area contributed by atoms with Gasteiger partial charge in [0.2, 0.25) is 0 Å². The van der Waals surface area contributed by atoms with E-state index in [2.05, 4.69) is 92.9 Å². The molecule has 5 rings (SSSR count). The van der Waals surface area contributed by atoms with Crippen LogP contribution in [0.3, 0.4) is 0 Å². The zero-order valence-electron chi connectivity index (χ0n) is 22.7. The van der Waals surface area contributed by atoms with Crippen LogP contribution in [-0.2, 0) is 10.2 Å². The molecule has 4 heteroatoms. The zero-order valence-corrected chi connectivity index (χ0v) is 22.7. The molecule has 2 aliphatic rings. The van der Waals surface area contributed by atoms with Crippen molar-refractivity contribution >= 4 is 16.5 Å². The molecule has 1 saturated heterocycles. The van der Waals surface area contributed by atoms with Gasteiger partial charge in [0.15, 0.2) is 0 Å². The second-order valence-corrected chi connectivity index (χ2v) is 12.0.